The van der Waals surface area contributed by atoms with Gasteiger partial charge >= 0.3 is 0 Å². The van der Waals surface area contributed by atoms with E-state index in [9.17, 15) is 0 Å². The van der Waals surface area contributed by atoms with Gasteiger partial charge in [0.25, 0.3) is 0 Å². The van der Waals surface area contributed by atoms with E-state index in [0.29, 0.717) is 6.04 Å². The Morgan fingerprint density at radius 3 is 2.52 bits per heavy atom. The summed E-state index contributed by atoms with van der Waals surface area (Å²) in [6.07, 6.45) is 9.52. The summed E-state index contributed by atoms with van der Waals surface area (Å²) in [5, 5.41) is 7.66. The number of rotatable bonds is 11. The van der Waals surface area contributed by atoms with E-state index >= 15 is 0 Å². The van der Waals surface area contributed by atoms with Gasteiger partial charge in [0, 0.05) is 18.7 Å². The number of anilines is 2. The fourth-order valence-electron chi connectivity index (χ4n) is 2.14. The first-order valence-corrected chi connectivity index (χ1v) is 9.35. The quantitative estimate of drug-likeness (QED) is 0.349. The van der Waals surface area contributed by atoms with Crippen molar-refractivity contribution < 1.29 is 0 Å². The molecule has 4 nitrogen and oxygen atoms in total. The molecule has 0 aliphatic rings. The molecule has 0 aromatic carbocycles. The molecule has 0 radical (unpaired) electrons. The Hall–Kier alpha value is -0.970. The molecule has 0 fully saturated rings. The van der Waals surface area contributed by atoms with E-state index in [1.165, 1.54) is 32.1 Å². The van der Waals surface area contributed by atoms with E-state index in [-0.39, 0.29) is 0 Å². The fourth-order valence-corrected chi connectivity index (χ4v) is 2.52. The van der Waals surface area contributed by atoms with Crippen LogP contribution in [-0.2, 0) is 0 Å². The molecule has 1 atom stereocenters. The summed E-state index contributed by atoms with van der Waals surface area (Å²) >= 11 is 1.58. The number of hydrogen-bond acceptors (Lipinski definition) is 5. The van der Waals surface area contributed by atoms with Crippen molar-refractivity contribution in [2.75, 3.05) is 23.4 Å². The van der Waals surface area contributed by atoms with E-state index < -0.39 is 0 Å². The van der Waals surface area contributed by atoms with Crippen LogP contribution in [0.25, 0.3) is 0 Å². The average molecular weight is 311 g/mol. The molecule has 0 saturated carbocycles. The molecule has 120 valence electrons. The molecule has 1 unspecified atom stereocenters. The molecule has 0 amide bonds. The maximum Gasteiger partial charge on any atom is 0.191 e. The highest BCUT2D eigenvalue weighted by Crippen LogP contribution is 2.19. The zero-order valence-corrected chi connectivity index (χ0v) is 14.7. The maximum atomic E-state index is 4.55. The fraction of sp³-hybridized carbons (Fsp3) is 0.750. The van der Waals surface area contributed by atoms with Gasteiger partial charge in [0.05, 0.1) is 0 Å². The summed E-state index contributed by atoms with van der Waals surface area (Å²) in [5.41, 5.74) is 0. The van der Waals surface area contributed by atoms with Crippen molar-refractivity contribution in [1.82, 2.24) is 9.97 Å². The second-order valence-corrected chi connectivity index (χ2v) is 6.22. The Balaban J connectivity index is 2.55. The zero-order valence-electron chi connectivity index (χ0n) is 13.9. The molecule has 5 heteroatoms. The van der Waals surface area contributed by atoms with E-state index in [1.807, 2.05) is 12.3 Å². The van der Waals surface area contributed by atoms with E-state index in [2.05, 4.69) is 41.4 Å². The van der Waals surface area contributed by atoms with Crippen molar-refractivity contribution in [2.24, 2.45) is 0 Å². The van der Waals surface area contributed by atoms with Crippen molar-refractivity contribution in [3.05, 3.63) is 6.07 Å². The third-order valence-corrected chi connectivity index (χ3v) is 3.88. The average Bonchev–Trinajstić information content (AvgIpc) is 2.49. The molecule has 0 bridgehead atoms. The molecule has 21 heavy (non-hydrogen) atoms. The predicted octanol–water partition coefficient (Wildman–Crippen LogP) is 4.79. The minimum absolute atomic E-state index is 0.450. The zero-order chi connectivity index (χ0) is 15.5. The Morgan fingerprint density at radius 2 is 1.86 bits per heavy atom. The van der Waals surface area contributed by atoms with Crippen LogP contribution in [0.1, 0.15) is 59.3 Å². The van der Waals surface area contributed by atoms with Crippen LogP contribution >= 0.6 is 11.8 Å². The van der Waals surface area contributed by atoms with Gasteiger partial charge in [-0.05, 0) is 26.0 Å². The van der Waals surface area contributed by atoms with Crippen LogP contribution in [0.5, 0.6) is 0 Å². The van der Waals surface area contributed by atoms with Crippen molar-refractivity contribution in [2.45, 2.75) is 70.5 Å². The molecule has 0 spiro atoms. The van der Waals surface area contributed by atoms with Gasteiger partial charge in [-0.25, -0.2) is 9.97 Å². The van der Waals surface area contributed by atoms with Crippen LogP contribution < -0.4 is 10.6 Å². The molecule has 1 aromatic heterocycles. The first-order chi connectivity index (χ1) is 10.2. The van der Waals surface area contributed by atoms with Crippen molar-refractivity contribution in [3.63, 3.8) is 0 Å². The van der Waals surface area contributed by atoms with Crippen LogP contribution in [0.2, 0.25) is 0 Å². The van der Waals surface area contributed by atoms with Gasteiger partial charge in [-0.1, -0.05) is 51.3 Å². The standard InChI is InChI=1S/C16H30N4S/c1-5-7-8-9-10-13(3)18-15-12-14(17-11-6-2)19-16(20-15)21-4/h12-13H,5-11H2,1-4H3,(H2,17,18,19,20). The number of nitrogens with zero attached hydrogens (tertiary/aromatic N) is 2. The number of thioether (sulfide) groups is 1. The SMILES string of the molecule is CCCCCCC(C)Nc1cc(NCCC)nc(SC)n1. The minimum atomic E-state index is 0.450. The summed E-state index contributed by atoms with van der Waals surface area (Å²) in [6.45, 7) is 7.57. The summed E-state index contributed by atoms with van der Waals surface area (Å²) < 4.78 is 0. The lowest BCUT2D eigenvalue weighted by atomic mass is 10.1. The molecule has 1 aromatic rings. The highest BCUT2D eigenvalue weighted by Gasteiger charge is 2.07. The number of hydrogen-bond donors (Lipinski definition) is 2. The molecule has 0 aliphatic heterocycles. The van der Waals surface area contributed by atoms with Crippen LogP contribution in [0, 0.1) is 0 Å². The monoisotopic (exact) mass is 310 g/mol. The van der Waals surface area contributed by atoms with Gasteiger partial charge in [-0.3, -0.25) is 0 Å². The van der Waals surface area contributed by atoms with Crippen molar-refractivity contribution in [3.8, 4) is 0 Å². The predicted molar refractivity (Wildman–Crippen MR) is 94.4 cm³/mol. The smallest absolute Gasteiger partial charge is 0.191 e. The molecular weight excluding hydrogens is 280 g/mol. The highest BCUT2D eigenvalue weighted by molar-refractivity contribution is 7.98. The molecular formula is C16H30N4S. The number of aromatic nitrogens is 2. The van der Waals surface area contributed by atoms with Gasteiger partial charge in [-0.2, -0.15) is 0 Å². The minimum Gasteiger partial charge on any atom is -0.370 e. The van der Waals surface area contributed by atoms with Crippen LogP contribution in [0.15, 0.2) is 11.2 Å². The Bertz CT molecular complexity index is 398. The maximum absolute atomic E-state index is 4.55. The summed E-state index contributed by atoms with van der Waals surface area (Å²) in [5.74, 6) is 1.84. The lowest BCUT2D eigenvalue weighted by Crippen LogP contribution is -2.16. The highest BCUT2D eigenvalue weighted by atomic mass is 32.2. The molecule has 2 N–H and O–H groups in total. The summed E-state index contributed by atoms with van der Waals surface area (Å²) in [4.78, 5) is 9.03. The Morgan fingerprint density at radius 1 is 1.10 bits per heavy atom. The van der Waals surface area contributed by atoms with Crippen LogP contribution in [0.4, 0.5) is 11.6 Å². The van der Waals surface area contributed by atoms with E-state index in [0.717, 1.165) is 29.8 Å². The second-order valence-electron chi connectivity index (χ2n) is 5.45. The van der Waals surface area contributed by atoms with Gasteiger partial charge in [0.1, 0.15) is 11.6 Å². The van der Waals surface area contributed by atoms with E-state index in [4.69, 9.17) is 0 Å². The summed E-state index contributed by atoms with van der Waals surface area (Å²) in [7, 11) is 0. The van der Waals surface area contributed by atoms with Gasteiger partial charge in [-0.15, -0.1) is 0 Å². The topological polar surface area (TPSA) is 49.8 Å². The van der Waals surface area contributed by atoms with Crippen LogP contribution in [-0.4, -0.2) is 28.8 Å². The lowest BCUT2D eigenvalue weighted by Gasteiger charge is -2.16. The first kappa shape index (κ1) is 18.1. The molecule has 0 aliphatic carbocycles. The first-order valence-electron chi connectivity index (χ1n) is 8.13. The molecule has 1 rings (SSSR count). The second kappa shape index (κ2) is 10.7. The van der Waals surface area contributed by atoms with Crippen molar-refractivity contribution in [1.29, 1.82) is 0 Å². The largest absolute Gasteiger partial charge is 0.370 e. The number of nitrogens with one attached hydrogen (secondary N) is 2. The third kappa shape index (κ3) is 7.55. The molecule has 1 heterocycles. The molecule has 0 saturated heterocycles. The van der Waals surface area contributed by atoms with Crippen LogP contribution in [0.3, 0.4) is 0 Å². The van der Waals surface area contributed by atoms with Gasteiger partial charge < -0.3 is 10.6 Å². The third-order valence-electron chi connectivity index (χ3n) is 3.33. The Kier molecular flexibility index (Phi) is 9.22. The normalized spacial score (nSPS) is 12.2. The Labute approximate surface area is 133 Å². The van der Waals surface area contributed by atoms with E-state index in [1.54, 1.807) is 11.8 Å². The number of unbranched alkanes of at least 4 members (excludes halogenated alkanes) is 3. The summed E-state index contributed by atoms with van der Waals surface area (Å²) in [6, 6.07) is 2.46. The lowest BCUT2D eigenvalue weighted by molar-refractivity contribution is 0.592. The van der Waals surface area contributed by atoms with Gasteiger partial charge in [0.2, 0.25) is 0 Å². The van der Waals surface area contributed by atoms with Gasteiger partial charge in [0.15, 0.2) is 5.16 Å². The van der Waals surface area contributed by atoms with Crippen molar-refractivity contribution >= 4 is 23.4 Å².